The zero-order valence-corrected chi connectivity index (χ0v) is 20.0. The van der Waals surface area contributed by atoms with Gasteiger partial charge in [0.15, 0.2) is 5.78 Å². The Morgan fingerprint density at radius 1 is 0.853 bits per heavy atom. The van der Waals surface area contributed by atoms with Gasteiger partial charge >= 0.3 is 0 Å². The Kier molecular flexibility index (Phi) is 6.42. The number of carbonyl (C=O) groups excluding carboxylic acids is 1. The maximum atomic E-state index is 13.4. The highest BCUT2D eigenvalue weighted by atomic mass is 19.1. The Bertz CT molecular complexity index is 1110. The summed E-state index contributed by atoms with van der Waals surface area (Å²) in [6.45, 7) is 9.30. The minimum Gasteiger partial charge on any atom is -0.312 e. The normalized spacial score (nSPS) is 23.0. The van der Waals surface area contributed by atoms with E-state index >= 15 is 0 Å². The van der Waals surface area contributed by atoms with E-state index in [0.29, 0.717) is 30.8 Å². The zero-order valence-electron chi connectivity index (χ0n) is 20.0. The molecule has 4 nitrogen and oxygen atoms in total. The summed E-state index contributed by atoms with van der Waals surface area (Å²) in [4.78, 5) is 15.5. The van der Waals surface area contributed by atoms with Crippen LogP contribution in [0.4, 0.5) is 8.78 Å². The number of hydroxylamine groups is 2. The number of rotatable bonds is 4. The standard InChI is InChI=1S/C28H30F2N2O2/c1-27(2)15-23(28(3,4)32(27)34)18-31-16-21(13-19-5-9-24(29)10-6-19)26(33)22(17-31)14-20-7-11-25(30)12-8-20/h5-15,34H,16-18H2,1-4H3/b21-13+,22-14+. The first-order valence-electron chi connectivity index (χ1n) is 11.4. The van der Waals surface area contributed by atoms with Gasteiger partial charge in [0.2, 0.25) is 0 Å². The first-order chi connectivity index (χ1) is 16.0. The average Bonchev–Trinajstić information content (AvgIpc) is 2.93. The number of hydrogen-bond acceptors (Lipinski definition) is 4. The third-order valence-corrected chi connectivity index (χ3v) is 6.58. The van der Waals surface area contributed by atoms with E-state index in [2.05, 4.69) is 11.0 Å². The molecule has 4 rings (SSSR count). The average molecular weight is 465 g/mol. The molecule has 0 bridgehead atoms. The lowest BCUT2D eigenvalue weighted by Gasteiger charge is -2.38. The van der Waals surface area contributed by atoms with Crippen molar-refractivity contribution in [2.75, 3.05) is 19.6 Å². The molecule has 1 N–H and O–H groups in total. The second-order valence-electron chi connectivity index (χ2n) is 10.1. The van der Waals surface area contributed by atoms with Crippen molar-refractivity contribution in [2.24, 2.45) is 0 Å². The molecule has 0 amide bonds. The lowest BCUT2D eigenvalue weighted by atomic mass is 9.91. The number of hydrogen-bond donors (Lipinski definition) is 1. The first-order valence-corrected chi connectivity index (χ1v) is 11.4. The van der Waals surface area contributed by atoms with E-state index in [9.17, 15) is 18.8 Å². The van der Waals surface area contributed by atoms with Crippen LogP contribution in [0.25, 0.3) is 12.2 Å². The Balaban J connectivity index is 1.69. The summed E-state index contributed by atoms with van der Waals surface area (Å²) in [5.41, 5.74) is 2.71. The van der Waals surface area contributed by atoms with Gasteiger partial charge in [-0.3, -0.25) is 9.69 Å². The van der Waals surface area contributed by atoms with Gasteiger partial charge in [0, 0.05) is 30.8 Å². The van der Waals surface area contributed by atoms with Gasteiger partial charge in [-0.1, -0.05) is 30.3 Å². The lowest BCUT2D eigenvalue weighted by molar-refractivity contribution is -0.185. The predicted molar refractivity (Wildman–Crippen MR) is 130 cm³/mol. The van der Waals surface area contributed by atoms with Gasteiger partial charge in [-0.05, 0) is 80.8 Å². The molecule has 1 saturated heterocycles. The molecule has 2 aliphatic heterocycles. The zero-order chi connectivity index (χ0) is 24.7. The number of halogens is 2. The van der Waals surface area contributed by atoms with E-state index in [4.69, 9.17) is 0 Å². The molecule has 0 atom stereocenters. The molecule has 2 aliphatic rings. The minimum atomic E-state index is -0.549. The van der Waals surface area contributed by atoms with E-state index in [0.717, 1.165) is 16.7 Å². The van der Waals surface area contributed by atoms with Crippen LogP contribution in [-0.4, -0.2) is 51.7 Å². The molecule has 178 valence electrons. The third-order valence-electron chi connectivity index (χ3n) is 6.58. The van der Waals surface area contributed by atoms with Crippen LogP contribution in [0.3, 0.4) is 0 Å². The molecule has 0 saturated carbocycles. The number of likely N-dealkylation sites (tertiary alicyclic amines) is 1. The molecular formula is C28H30F2N2O2. The number of carbonyl (C=O) groups is 1. The number of nitrogens with zero attached hydrogens (tertiary/aromatic N) is 2. The Morgan fingerprint density at radius 2 is 1.29 bits per heavy atom. The van der Waals surface area contributed by atoms with Crippen LogP contribution in [0.15, 0.2) is 71.3 Å². The second kappa shape index (κ2) is 9.02. The Morgan fingerprint density at radius 3 is 1.68 bits per heavy atom. The predicted octanol–water partition coefficient (Wildman–Crippen LogP) is 5.50. The number of piperidine rings is 1. The maximum Gasteiger partial charge on any atom is 0.187 e. The van der Waals surface area contributed by atoms with Gasteiger partial charge in [-0.25, -0.2) is 8.78 Å². The fraction of sp³-hybridized carbons (Fsp3) is 0.321. The highest BCUT2D eigenvalue weighted by Crippen LogP contribution is 2.39. The summed E-state index contributed by atoms with van der Waals surface area (Å²) in [5.74, 6) is -0.738. The van der Waals surface area contributed by atoms with Crippen LogP contribution in [0.1, 0.15) is 38.8 Å². The molecule has 34 heavy (non-hydrogen) atoms. The van der Waals surface area contributed by atoms with Crippen molar-refractivity contribution in [3.8, 4) is 0 Å². The maximum absolute atomic E-state index is 13.4. The molecule has 0 aromatic heterocycles. The van der Waals surface area contributed by atoms with Crippen molar-refractivity contribution in [3.05, 3.63) is 94.1 Å². The van der Waals surface area contributed by atoms with E-state index in [1.165, 1.54) is 29.3 Å². The van der Waals surface area contributed by atoms with E-state index in [1.807, 2.05) is 27.7 Å². The van der Waals surface area contributed by atoms with Crippen molar-refractivity contribution in [2.45, 2.75) is 38.8 Å². The van der Waals surface area contributed by atoms with Crippen LogP contribution in [0.5, 0.6) is 0 Å². The number of Topliss-reactive ketones (excluding diaryl/α,β-unsaturated/α-hetero) is 1. The Labute approximate surface area is 199 Å². The van der Waals surface area contributed by atoms with Gasteiger partial charge in [-0.2, -0.15) is 5.06 Å². The quantitative estimate of drug-likeness (QED) is 0.479. The highest BCUT2D eigenvalue weighted by molar-refractivity contribution is 6.14. The fourth-order valence-electron chi connectivity index (χ4n) is 4.74. The summed E-state index contributed by atoms with van der Waals surface area (Å²) < 4.78 is 26.7. The van der Waals surface area contributed by atoms with Gasteiger partial charge < -0.3 is 5.21 Å². The van der Waals surface area contributed by atoms with Gasteiger partial charge in [-0.15, -0.1) is 0 Å². The van der Waals surface area contributed by atoms with Crippen LogP contribution in [-0.2, 0) is 4.79 Å². The molecule has 1 fully saturated rings. The minimum absolute atomic E-state index is 0.0753. The summed E-state index contributed by atoms with van der Waals surface area (Å²) in [6.07, 6.45) is 5.67. The molecular weight excluding hydrogens is 434 g/mol. The van der Waals surface area contributed by atoms with Crippen molar-refractivity contribution < 1.29 is 18.8 Å². The van der Waals surface area contributed by atoms with Crippen LogP contribution < -0.4 is 0 Å². The van der Waals surface area contributed by atoms with Crippen molar-refractivity contribution >= 4 is 17.9 Å². The number of ketones is 1. The molecule has 2 heterocycles. The molecule has 0 aliphatic carbocycles. The van der Waals surface area contributed by atoms with Crippen molar-refractivity contribution in [1.29, 1.82) is 0 Å². The fourth-order valence-corrected chi connectivity index (χ4v) is 4.74. The smallest absolute Gasteiger partial charge is 0.187 e. The molecule has 6 heteroatoms. The molecule has 0 radical (unpaired) electrons. The molecule has 2 aromatic carbocycles. The third kappa shape index (κ3) is 4.94. The monoisotopic (exact) mass is 464 g/mol. The summed E-state index contributed by atoms with van der Waals surface area (Å²) in [6, 6.07) is 12.1. The first kappa shape index (κ1) is 24.2. The summed E-state index contributed by atoms with van der Waals surface area (Å²) in [7, 11) is 0. The molecule has 0 spiro atoms. The lowest BCUT2D eigenvalue weighted by Crippen LogP contribution is -2.49. The highest BCUT2D eigenvalue weighted by Gasteiger charge is 2.45. The SMILES string of the molecule is CC1(C)C=C(CN2C/C(=C\c3ccc(F)cc3)C(=O)/C(=C/c3ccc(F)cc3)C2)C(C)(C)N1O. The molecule has 0 unspecified atom stereocenters. The second-order valence-corrected chi connectivity index (χ2v) is 10.1. The van der Waals surface area contributed by atoms with E-state index in [-0.39, 0.29) is 17.4 Å². The number of benzene rings is 2. The Hall–Kier alpha value is -2.93. The summed E-state index contributed by atoms with van der Waals surface area (Å²) in [5, 5.41) is 12.1. The van der Waals surface area contributed by atoms with Crippen molar-refractivity contribution in [1.82, 2.24) is 9.96 Å². The van der Waals surface area contributed by atoms with Gasteiger partial charge in [0.25, 0.3) is 0 Å². The van der Waals surface area contributed by atoms with E-state index < -0.39 is 11.1 Å². The van der Waals surface area contributed by atoms with Crippen molar-refractivity contribution in [3.63, 3.8) is 0 Å². The van der Waals surface area contributed by atoms with Gasteiger partial charge in [0.1, 0.15) is 11.6 Å². The van der Waals surface area contributed by atoms with Gasteiger partial charge in [0.05, 0.1) is 11.1 Å². The van der Waals surface area contributed by atoms with E-state index in [1.54, 1.807) is 36.4 Å². The van der Waals surface area contributed by atoms with Crippen LogP contribution >= 0.6 is 0 Å². The van der Waals surface area contributed by atoms with Crippen LogP contribution in [0.2, 0.25) is 0 Å². The molecule has 2 aromatic rings. The van der Waals surface area contributed by atoms with Crippen LogP contribution in [0, 0.1) is 11.6 Å². The largest absolute Gasteiger partial charge is 0.312 e. The summed E-state index contributed by atoms with van der Waals surface area (Å²) >= 11 is 0. The topological polar surface area (TPSA) is 43.8 Å².